The van der Waals surface area contributed by atoms with E-state index in [1.54, 1.807) is 42.5 Å². The molecule has 2 aromatic rings. The molecule has 0 radical (unpaired) electrons. The van der Waals surface area contributed by atoms with Crippen LogP contribution in [0, 0.1) is 11.3 Å². The maximum absolute atomic E-state index is 12.4. The Morgan fingerprint density at radius 2 is 1.58 bits per heavy atom. The smallest absolute Gasteiger partial charge is 0.264 e. The summed E-state index contributed by atoms with van der Waals surface area (Å²) in [4.78, 5) is 0.199. The van der Waals surface area contributed by atoms with Gasteiger partial charge in [0.1, 0.15) is 6.07 Å². The molecule has 0 unspecified atom stereocenters. The van der Waals surface area contributed by atoms with Crippen LogP contribution in [0.25, 0.3) is 0 Å². The fraction of sp³-hybridized carbons (Fsp3) is 0.0714. The minimum absolute atomic E-state index is 0.199. The van der Waals surface area contributed by atoms with Crippen molar-refractivity contribution in [1.29, 1.82) is 5.26 Å². The maximum atomic E-state index is 12.4. The van der Waals surface area contributed by atoms with Gasteiger partial charge < -0.3 is 0 Å². The fourth-order valence-corrected chi connectivity index (χ4v) is 2.96. The van der Waals surface area contributed by atoms with E-state index in [9.17, 15) is 8.42 Å². The van der Waals surface area contributed by atoms with Crippen molar-refractivity contribution >= 4 is 15.7 Å². The molecule has 2 rings (SSSR count). The summed E-state index contributed by atoms with van der Waals surface area (Å²) in [7, 11) is -2.20. The van der Waals surface area contributed by atoms with Crippen molar-refractivity contribution < 1.29 is 8.42 Å². The molecule has 0 aliphatic carbocycles. The Bertz CT molecular complexity index is 719. The summed E-state index contributed by atoms with van der Waals surface area (Å²) in [5, 5.41) is 9.03. The molecule has 96 valence electrons. The first kappa shape index (κ1) is 13.1. The highest BCUT2D eigenvalue weighted by Crippen LogP contribution is 2.24. The first-order valence-corrected chi connectivity index (χ1v) is 7.04. The Labute approximate surface area is 112 Å². The van der Waals surface area contributed by atoms with Crippen molar-refractivity contribution in [1.82, 2.24) is 0 Å². The summed E-state index contributed by atoms with van der Waals surface area (Å²) in [6.07, 6.45) is 0. The monoisotopic (exact) mass is 272 g/mol. The van der Waals surface area contributed by atoms with Crippen molar-refractivity contribution in [2.24, 2.45) is 0 Å². The van der Waals surface area contributed by atoms with Crippen molar-refractivity contribution in [3.8, 4) is 6.07 Å². The van der Waals surface area contributed by atoms with Gasteiger partial charge in [0.25, 0.3) is 10.0 Å². The van der Waals surface area contributed by atoms with Crippen LogP contribution in [-0.2, 0) is 10.0 Å². The van der Waals surface area contributed by atoms with Gasteiger partial charge in [0, 0.05) is 7.05 Å². The Balaban J connectivity index is 2.51. The van der Waals surface area contributed by atoms with Crippen LogP contribution in [-0.4, -0.2) is 15.5 Å². The average molecular weight is 272 g/mol. The van der Waals surface area contributed by atoms with Crippen molar-refractivity contribution in [3.63, 3.8) is 0 Å². The molecule has 0 saturated carbocycles. The number of sulfonamides is 1. The highest BCUT2D eigenvalue weighted by Gasteiger charge is 2.22. The molecule has 5 heteroatoms. The van der Waals surface area contributed by atoms with Gasteiger partial charge >= 0.3 is 0 Å². The molecule has 0 heterocycles. The zero-order valence-corrected chi connectivity index (χ0v) is 11.1. The van der Waals surface area contributed by atoms with Crippen LogP contribution in [0.4, 0.5) is 5.69 Å². The third-order valence-corrected chi connectivity index (χ3v) is 4.55. The topological polar surface area (TPSA) is 61.2 Å². The molecule has 0 N–H and O–H groups in total. The molecule has 2 aromatic carbocycles. The Morgan fingerprint density at radius 1 is 1.00 bits per heavy atom. The molecule has 0 atom stereocenters. The molecule has 0 aliphatic heterocycles. The maximum Gasteiger partial charge on any atom is 0.264 e. The zero-order chi connectivity index (χ0) is 13.9. The highest BCUT2D eigenvalue weighted by molar-refractivity contribution is 7.92. The van der Waals surface area contributed by atoms with E-state index in [0.717, 1.165) is 4.31 Å². The number of para-hydroxylation sites is 1. The molecule has 4 nitrogen and oxygen atoms in total. The molecule has 0 aliphatic rings. The Kier molecular flexibility index (Phi) is 3.54. The van der Waals surface area contributed by atoms with E-state index >= 15 is 0 Å². The van der Waals surface area contributed by atoms with Crippen molar-refractivity contribution in [3.05, 3.63) is 60.2 Å². The van der Waals surface area contributed by atoms with Gasteiger partial charge in [-0.05, 0) is 24.3 Å². The second-order valence-corrected chi connectivity index (χ2v) is 5.88. The van der Waals surface area contributed by atoms with Gasteiger partial charge in [-0.15, -0.1) is 0 Å². The first-order chi connectivity index (χ1) is 9.07. The van der Waals surface area contributed by atoms with E-state index in [4.69, 9.17) is 5.26 Å². The lowest BCUT2D eigenvalue weighted by Gasteiger charge is -2.20. The number of hydrogen-bond donors (Lipinski definition) is 0. The molecular formula is C14H12N2O2S. The molecule has 0 amide bonds. The van der Waals surface area contributed by atoms with Gasteiger partial charge in [-0.2, -0.15) is 5.26 Å². The van der Waals surface area contributed by atoms with Crippen LogP contribution >= 0.6 is 0 Å². The average Bonchev–Trinajstić information content (AvgIpc) is 2.47. The normalized spacial score (nSPS) is 10.7. The minimum Gasteiger partial charge on any atom is -0.268 e. The number of benzene rings is 2. The SMILES string of the molecule is CN(c1ccccc1C#N)S(=O)(=O)c1ccccc1. The largest absolute Gasteiger partial charge is 0.268 e. The van der Waals surface area contributed by atoms with E-state index in [2.05, 4.69) is 0 Å². The molecule has 0 bridgehead atoms. The first-order valence-electron chi connectivity index (χ1n) is 5.60. The summed E-state index contributed by atoms with van der Waals surface area (Å²) in [5.74, 6) is 0. The minimum atomic E-state index is -3.64. The summed E-state index contributed by atoms with van der Waals surface area (Å²) in [6, 6.07) is 16.7. The van der Waals surface area contributed by atoms with Gasteiger partial charge in [-0.1, -0.05) is 30.3 Å². The van der Waals surface area contributed by atoms with Gasteiger partial charge in [-0.25, -0.2) is 8.42 Å². The van der Waals surface area contributed by atoms with Crippen LogP contribution in [0.2, 0.25) is 0 Å². The lowest BCUT2D eigenvalue weighted by molar-refractivity contribution is 0.594. The van der Waals surface area contributed by atoms with E-state index in [0.29, 0.717) is 11.3 Å². The summed E-state index contributed by atoms with van der Waals surface area (Å²) < 4.78 is 26.0. The predicted octanol–water partition coefficient (Wildman–Crippen LogP) is 2.38. The lowest BCUT2D eigenvalue weighted by atomic mass is 10.2. The second-order valence-electron chi connectivity index (χ2n) is 3.91. The lowest BCUT2D eigenvalue weighted by Crippen LogP contribution is -2.27. The molecule has 0 spiro atoms. The van der Waals surface area contributed by atoms with Gasteiger partial charge in [0.2, 0.25) is 0 Å². The third kappa shape index (κ3) is 2.44. The van der Waals surface area contributed by atoms with E-state index < -0.39 is 10.0 Å². The molecular weight excluding hydrogens is 260 g/mol. The molecule has 0 aromatic heterocycles. The molecule has 0 fully saturated rings. The highest BCUT2D eigenvalue weighted by atomic mass is 32.2. The number of nitrogens with zero attached hydrogens (tertiary/aromatic N) is 2. The summed E-state index contributed by atoms with van der Waals surface area (Å²) in [5.41, 5.74) is 0.693. The fourth-order valence-electron chi connectivity index (χ4n) is 1.72. The zero-order valence-electron chi connectivity index (χ0n) is 10.3. The van der Waals surface area contributed by atoms with E-state index in [-0.39, 0.29) is 4.90 Å². The summed E-state index contributed by atoms with van der Waals surface area (Å²) >= 11 is 0. The standard InChI is InChI=1S/C14H12N2O2S/c1-16(14-10-6-5-7-12(14)11-15)19(17,18)13-8-3-2-4-9-13/h2-10H,1H3. The quantitative estimate of drug-likeness (QED) is 0.861. The van der Waals surface area contributed by atoms with E-state index in [1.165, 1.54) is 19.2 Å². The van der Waals surface area contributed by atoms with Crippen LogP contribution in [0.15, 0.2) is 59.5 Å². The number of rotatable bonds is 3. The van der Waals surface area contributed by atoms with Crippen LogP contribution in [0.3, 0.4) is 0 Å². The number of anilines is 1. The van der Waals surface area contributed by atoms with Gasteiger partial charge in [0.15, 0.2) is 0 Å². The Hall–Kier alpha value is -2.32. The summed E-state index contributed by atoms with van der Waals surface area (Å²) in [6.45, 7) is 0. The predicted molar refractivity (Wildman–Crippen MR) is 73.2 cm³/mol. The van der Waals surface area contributed by atoms with Crippen LogP contribution < -0.4 is 4.31 Å². The van der Waals surface area contributed by atoms with Crippen LogP contribution in [0.1, 0.15) is 5.56 Å². The van der Waals surface area contributed by atoms with Gasteiger partial charge in [0.05, 0.1) is 16.1 Å². The molecule has 0 saturated heterocycles. The molecule has 19 heavy (non-hydrogen) atoms. The second kappa shape index (κ2) is 5.12. The van der Waals surface area contributed by atoms with Crippen molar-refractivity contribution in [2.45, 2.75) is 4.90 Å². The number of nitriles is 1. The Morgan fingerprint density at radius 3 is 2.21 bits per heavy atom. The van der Waals surface area contributed by atoms with E-state index in [1.807, 2.05) is 6.07 Å². The number of hydrogen-bond acceptors (Lipinski definition) is 3. The van der Waals surface area contributed by atoms with Crippen molar-refractivity contribution in [2.75, 3.05) is 11.4 Å². The van der Waals surface area contributed by atoms with Gasteiger partial charge in [-0.3, -0.25) is 4.31 Å². The van der Waals surface area contributed by atoms with Crippen LogP contribution in [0.5, 0.6) is 0 Å². The third-order valence-electron chi connectivity index (χ3n) is 2.77.